The Labute approximate surface area is 172 Å². The fourth-order valence-electron chi connectivity index (χ4n) is 2.78. The summed E-state index contributed by atoms with van der Waals surface area (Å²) in [5.41, 5.74) is 2.14. The molecule has 1 aliphatic heterocycles. The van der Waals surface area contributed by atoms with Crippen LogP contribution in [-0.2, 0) is 9.59 Å². The number of amides is 2. The van der Waals surface area contributed by atoms with Crippen molar-refractivity contribution in [2.75, 3.05) is 23.9 Å². The maximum Gasteiger partial charge on any atom is 0.244 e. The molecule has 3 rings (SSSR count). The Morgan fingerprint density at radius 1 is 1.21 bits per heavy atom. The van der Waals surface area contributed by atoms with E-state index in [-0.39, 0.29) is 29.9 Å². The molecule has 2 amide bonds. The van der Waals surface area contributed by atoms with Crippen LogP contribution < -0.4 is 5.32 Å². The van der Waals surface area contributed by atoms with Crippen LogP contribution in [0.3, 0.4) is 0 Å². The fourth-order valence-corrected chi connectivity index (χ4v) is 4.18. The number of hydrogen-bond acceptors (Lipinski definition) is 5. The predicted molar refractivity (Wildman–Crippen MR) is 115 cm³/mol. The summed E-state index contributed by atoms with van der Waals surface area (Å²) in [7, 11) is 0. The number of thioether (sulfide) groups is 2. The lowest BCUT2D eigenvalue weighted by atomic mass is 10.1. The van der Waals surface area contributed by atoms with Crippen LogP contribution in [0, 0.1) is 6.92 Å². The van der Waals surface area contributed by atoms with Crippen LogP contribution in [0.5, 0.6) is 0 Å². The van der Waals surface area contributed by atoms with E-state index in [1.54, 1.807) is 30.0 Å². The van der Waals surface area contributed by atoms with E-state index in [1.807, 2.05) is 43.5 Å². The molecule has 144 valence electrons. The fraction of sp³-hybridized carbons (Fsp3) is 0.190. The molecular formula is C21H20N2O3S2. The second kappa shape index (κ2) is 9.12. The second-order valence-electron chi connectivity index (χ2n) is 6.21. The van der Waals surface area contributed by atoms with E-state index >= 15 is 0 Å². The summed E-state index contributed by atoms with van der Waals surface area (Å²) < 4.78 is 0. The standard InChI is InChI=1S/C21H20N2O3S2/c1-14-6-3-4-9-17(14)18(24)11-21-23(20(26)13-28-21)12-19(25)22-15-7-5-8-16(10-15)27-2/h3-11H,12-13H2,1-2H3,(H,22,25)/b21-11-. The van der Waals surface area contributed by atoms with Crippen LogP contribution in [0.2, 0.25) is 0 Å². The topological polar surface area (TPSA) is 66.5 Å². The van der Waals surface area contributed by atoms with E-state index in [4.69, 9.17) is 0 Å². The summed E-state index contributed by atoms with van der Waals surface area (Å²) in [5, 5.41) is 3.32. The lowest BCUT2D eigenvalue weighted by Gasteiger charge is -2.17. The van der Waals surface area contributed by atoms with Crippen molar-refractivity contribution >= 4 is 46.8 Å². The van der Waals surface area contributed by atoms with Crippen LogP contribution in [-0.4, -0.2) is 41.1 Å². The van der Waals surface area contributed by atoms with E-state index in [9.17, 15) is 14.4 Å². The highest BCUT2D eigenvalue weighted by Gasteiger charge is 2.29. The Kier molecular flexibility index (Phi) is 6.59. The smallest absolute Gasteiger partial charge is 0.244 e. The largest absolute Gasteiger partial charge is 0.324 e. The van der Waals surface area contributed by atoms with Crippen LogP contribution in [0.25, 0.3) is 0 Å². The molecule has 0 unspecified atom stereocenters. The first-order valence-electron chi connectivity index (χ1n) is 8.66. The highest BCUT2D eigenvalue weighted by atomic mass is 32.2. The molecule has 1 aliphatic rings. The molecule has 1 saturated heterocycles. The van der Waals surface area contributed by atoms with Gasteiger partial charge < -0.3 is 5.32 Å². The number of allylic oxidation sites excluding steroid dienone is 1. The van der Waals surface area contributed by atoms with Gasteiger partial charge in [-0.1, -0.05) is 42.1 Å². The maximum atomic E-state index is 12.6. The highest BCUT2D eigenvalue weighted by molar-refractivity contribution is 8.04. The van der Waals surface area contributed by atoms with E-state index in [0.29, 0.717) is 16.3 Å². The summed E-state index contributed by atoms with van der Waals surface area (Å²) in [5.74, 6) is -0.430. The van der Waals surface area contributed by atoms with Gasteiger partial charge in [0.25, 0.3) is 0 Å². The molecule has 7 heteroatoms. The molecule has 0 atom stereocenters. The molecule has 0 saturated carbocycles. The van der Waals surface area contributed by atoms with Gasteiger partial charge in [-0.15, -0.1) is 11.8 Å². The molecule has 5 nitrogen and oxygen atoms in total. The Morgan fingerprint density at radius 2 is 2.00 bits per heavy atom. The number of nitrogens with one attached hydrogen (secondary N) is 1. The first kappa shape index (κ1) is 20.2. The molecule has 1 heterocycles. The first-order valence-corrected chi connectivity index (χ1v) is 10.9. The Balaban J connectivity index is 1.72. The predicted octanol–water partition coefficient (Wildman–Crippen LogP) is 3.96. The summed E-state index contributed by atoms with van der Waals surface area (Å²) >= 11 is 2.86. The zero-order valence-electron chi connectivity index (χ0n) is 15.6. The summed E-state index contributed by atoms with van der Waals surface area (Å²) in [6.07, 6.45) is 3.41. The number of carbonyl (C=O) groups is 3. The van der Waals surface area contributed by atoms with E-state index in [0.717, 1.165) is 10.5 Å². The number of rotatable bonds is 6. The third kappa shape index (κ3) is 4.85. The van der Waals surface area contributed by atoms with Gasteiger partial charge in [-0.3, -0.25) is 19.3 Å². The van der Waals surface area contributed by atoms with Crippen LogP contribution >= 0.6 is 23.5 Å². The molecule has 0 aliphatic carbocycles. The second-order valence-corrected chi connectivity index (χ2v) is 8.09. The third-order valence-corrected chi connectivity index (χ3v) is 5.98. The maximum absolute atomic E-state index is 12.6. The van der Waals surface area contributed by atoms with Crippen molar-refractivity contribution in [3.63, 3.8) is 0 Å². The van der Waals surface area contributed by atoms with Crippen molar-refractivity contribution in [3.8, 4) is 0 Å². The zero-order valence-corrected chi connectivity index (χ0v) is 17.2. The first-order chi connectivity index (χ1) is 13.5. The van der Waals surface area contributed by atoms with Crippen molar-refractivity contribution in [2.24, 2.45) is 0 Å². The molecule has 1 fully saturated rings. The lowest BCUT2D eigenvalue weighted by Crippen LogP contribution is -2.34. The van der Waals surface area contributed by atoms with Crippen molar-refractivity contribution in [1.29, 1.82) is 0 Å². The molecular weight excluding hydrogens is 392 g/mol. The molecule has 28 heavy (non-hydrogen) atoms. The Morgan fingerprint density at radius 3 is 2.75 bits per heavy atom. The molecule has 1 N–H and O–H groups in total. The van der Waals surface area contributed by atoms with Gasteiger partial charge in [0.15, 0.2) is 5.78 Å². The van der Waals surface area contributed by atoms with Gasteiger partial charge in [-0.25, -0.2) is 0 Å². The quantitative estimate of drug-likeness (QED) is 0.442. The number of nitrogens with zero attached hydrogens (tertiary/aromatic N) is 1. The molecule has 0 radical (unpaired) electrons. The monoisotopic (exact) mass is 412 g/mol. The van der Waals surface area contributed by atoms with Gasteiger partial charge >= 0.3 is 0 Å². The molecule has 0 bridgehead atoms. The summed E-state index contributed by atoms with van der Waals surface area (Å²) in [6.45, 7) is 1.74. The van der Waals surface area contributed by atoms with Gasteiger partial charge in [-0.05, 0) is 36.9 Å². The number of anilines is 1. The van der Waals surface area contributed by atoms with Crippen molar-refractivity contribution in [2.45, 2.75) is 11.8 Å². The Bertz CT molecular complexity index is 956. The number of aryl methyl sites for hydroxylation is 1. The number of ketones is 1. The normalized spacial score (nSPS) is 15.1. The van der Waals surface area contributed by atoms with E-state index in [2.05, 4.69) is 5.32 Å². The zero-order chi connectivity index (χ0) is 20.1. The molecule has 2 aromatic rings. The van der Waals surface area contributed by atoms with Crippen LogP contribution in [0.4, 0.5) is 5.69 Å². The van der Waals surface area contributed by atoms with Gasteiger partial charge in [-0.2, -0.15) is 0 Å². The van der Waals surface area contributed by atoms with Gasteiger partial charge in [0.05, 0.1) is 10.8 Å². The van der Waals surface area contributed by atoms with Crippen LogP contribution in [0.15, 0.2) is 64.5 Å². The number of hydrogen-bond donors (Lipinski definition) is 1. The van der Waals surface area contributed by atoms with E-state index in [1.165, 1.54) is 22.7 Å². The van der Waals surface area contributed by atoms with Crippen molar-refractivity contribution < 1.29 is 14.4 Å². The highest BCUT2D eigenvalue weighted by Crippen LogP contribution is 2.29. The Hall–Kier alpha value is -2.51. The van der Waals surface area contributed by atoms with Gasteiger partial charge in [0.2, 0.25) is 11.8 Å². The minimum absolute atomic E-state index is 0.123. The average molecular weight is 413 g/mol. The molecule has 0 spiro atoms. The van der Waals surface area contributed by atoms with Gasteiger partial charge in [0.1, 0.15) is 6.54 Å². The van der Waals surface area contributed by atoms with E-state index < -0.39 is 0 Å². The minimum atomic E-state index is -0.302. The summed E-state index contributed by atoms with van der Waals surface area (Å²) in [4.78, 5) is 39.7. The number of benzene rings is 2. The number of carbonyl (C=O) groups excluding carboxylic acids is 3. The SMILES string of the molecule is CSc1cccc(NC(=O)CN2C(=O)CS/C2=C\C(=O)c2ccccc2C)c1. The lowest BCUT2D eigenvalue weighted by molar-refractivity contribution is -0.129. The van der Waals surface area contributed by atoms with Crippen molar-refractivity contribution in [3.05, 3.63) is 70.8 Å². The summed E-state index contributed by atoms with van der Waals surface area (Å²) in [6, 6.07) is 14.8. The third-order valence-electron chi connectivity index (χ3n) is 4.23. The molecule has 0 aromatic heterocycles. The van der Waals surface area contributed by atoms with Crippen LogP contribution in [0.1, 0.15) is 15.9 Å². The molecule has 2 aromatic carbocycles. The minimum Gasteiger partial charge on any atom is -0.324 e. The average Bonchev–Trinajstić information content (AvgIpc) is 3.01. The van der Waals surface area contributed by atoms with Crippen molar-refractivity contribution in [1.82, 2.24) is 4.90 Å². The van der Waals surface area contributed by atoms with Gasteiger partial charge in [0, 0.05) is 22.2 Å².